The van der Waals surface area contributed by atoms with E-state index in [2.05, 4.69) is 5.32 Å². The number of ether oxygens (including phenoxy) is 2. The molecule has 2 aromatic rings. The summed E-state index contributed by atoms with van der Waals surface area (Å²) in [5.41, 5.74) is 2.70. The van der Waals surface area contributed by atoms with E-state index >= 15 is 0 Å². The van der Waals surface area contributed by atoms with Gasteiger partial charge in [0.25, 0.3) is 0 Å². The molecule has 0 unspecified atom stereocenters. The van der Waals surface area contributed by atoms with Gasteiger partial charge in [0.15, 0.2) is 11.5 Å². The minimum atomic E-state index is -1.18. The normalized spacial score (nSPS) is 18.8. The van der Waals surface area contributed by atoms with Crippen LogP contribution in [0.1, 0.15) is 41.8 Å². The predicted molar refractivity (Wildman–Crippen MR) is 155 cm³/mol. The van der Waals surface area contributed by atoms with Crippen LogP contribution in [0.15, 0.2) is 48.0 Å². The summed E-state index contributed by atoms with van der Waals surface area (Å²) in [6, 6.07) is 10.2. The number of halogens is 1. The number of nitrogens with one attached hydrogen (secondary N) is 1. The van der Waals surface area contributed by atoms with E-state index in [4.69, 9.17) is 9.47 Å². The molecule has 0 heterocycles. The highest BCUT2D eigenvalue weighted by Crippen LogP contribution is 2.37. The zero-order valence-corrected chi connectivity index (χ0v) is 24.7. The van der Waals surface area contributed by atoms with E-state index in [-0.39, 0.29) is 37.9 Å². The number of aliphatic hydroxyl groups excluding tert-OH is 2. The third-order valence-electron chi connectivity index (χ3n) is 6.51. The van der Waals surface area contributed by atoms with Gasteiger partial charge in [-0.2, -0.15) is 0 Å². The summed E-state index contributed by atoms with van der Waals surface area (Å²) >= 11 is 2.02. The van der Waals surface area contributed by atoms with Crippen molar-refractivity contribution >= 4 is 40.7 Å². The molecule has 3 N–H and O–H groups in total. The van der Waals surface area contributed by atoms with Gasteiger partial charge in [-0.1, -0.05) is 43.7 Å². The molecule has 3 rings (SSSR count). The van der Waals surface area contributed by atoms with Crippen molar-refractivity contribution in [1.82, 2.24) is 10.2 Å². The van der Waals surface area contributed by atoms with Gasteiger partial charge >= 0.3 is 0 Å². The van der Waals surface area contributed by atoms with Crippen molar-refractivity contribution in [2.45, 2.75) is 52.0 Å². The number of aliphatic hydroxyl groups is 2. The average Bonchev–Trinajstić information content (AvgIpc) is 2.92. The summed E-state index contributed by atoms with van der Waals surface area (Å²) < 4.78 is 12.3. The second-order valence-electron chi connectivity index (χ2n) is 9.77. The maximum absolute atomic E-state index is 13.5. The lowest BCUT2D eigenvalue weighted by Gasteiger charge is -2.41. The quantitative estimate of drug-likeness (QED) is 0.252. The molecule has 0 fully saturated rings. The molecule has 0 aromatic heterocycles. The van der Waals surface area contributed by atoms with Gasteiger partial charge in [0.05, 0.1) is 23.3 Å². The maximum Gasteiger partial charge on any atom is 0.247 e. The number of aldehydes is 1. The van der Waals surface area contributed by atoms with E-state index in [0.717, 1.165) is 11.1 Å². The lowest BCUT2D eigenvalue weighted by Crippen LogP contribution is -2.55. The van der Waals surface area contributed by atoms with Crippen LogP contribution < -0.4 is 14.8 Å². The van der Waals surface area contributed by atoms with Crippen LogP contribution >= 0.6 is 22.6 Å². The number of aryl methyl sites for hydroxylation is 1. The number of nitrogens with zero attached hydrogens (tertiary/aromatic N) is 1. The van der Waals surface area contributed by atoms with Gasteiger partial charge in [-0.25, -0.2) is 0 Å². The van der Waals surface area contributed by atoms with Gasteiger partial charge in [-0.3, -0.25) is 14.4 Å². The predicted octanol–water partition coefficient (Wildman–Crippen LogP) is 3.02. The third-order valence-corrected chi connectivity index (χ3v) is 7.31. The van der Waals surface area contributed by atoms with Crippen molar-refractivity contribution in [2.24, 2.45) is 5.92 Å². The molecular formula is C29H35IN2O7. The highest BCUT2D eigenvalue weighted by atomic mass is 127. The van der Waals surface area contributed by atoms with Crippen molar-refractivity contribution in [1.29, 1.82) is 0 Å². The molecule has 1 aliphatic carbocycles. The second-order valence-corrected chi connectivity index (χ2v) is 10.9. The Bertz CT molecular complexity index is 1210. The molecule has 1 aliphatic rings. The number of amides is 2. The Morgan fingerprint density at radius 2 is 1.92 bits per heavy atom. The number of methoxy groups -OCH3 is 1. The van der Waals surface area contributed by atoms with E-state index in [1.165, 1.54) is 13.2 Å². The van der Waals surface area contributed by atoms with Crippen LogP contribution in [0.4, 0.5) is 0 Å². The Morgan fingerprint density at radius 1 is 1.23 bits per heavy atom. The monoisotopic (exact) mass is 650 g/mol. The third kappa shape index (κ3) is 7.58. The fourth-order valence-electron chi connectivity index (χ4n) is 4.42. The largest absolute Gasteiger partial charge is 0.493 e. The molecule has 0 radical (unpaired) electrons. The van der Waals surface area contributed by atoms with Crippen LogP contribution in [-0.2, 0) is 16.1 Å². The molecule has 0 aliphatic heterocycles. The number of carbonyl (C=O) groups excluding carboxylic acids is 3. The Hall–Kier alpha value is -2.96. The maximum atomic E-state index is 13.5. The van der Waals surface area contributed by atoms with E-state index < -0.39 is 24.2 Å². The topological polar surface area (TPSA) is 125 Å². The van der Waals surface area contributed by atoms with Crippen molar-refractivity contribution in [3.05, 3.63) is 68.3 Å². The van der Waals surface area contributed by atoms with Crippen LogP contribution in [0, 0.1) is 16.4 Å². The number of carbonyl (C=O) groups is 3. The fourth-order valence-corrected chi connectivity index (χ4v) is 5.17. The molecule has 9 nitrogen and oxygen atoms in total. The van der Waals surface area contributed by atoms with Gasteiger partial charge < -0.3 is 29.9 Å². The van der Waals surface area contributed by atoms with Crippen molar-refractivity contribution in [3.63, 3.8) is 0 Å². The van der Waals surface area contributed by atoms with Gasteiger partial charge in [-0.05, 0) is 53.3 Å². The van der Waals surface area contributed by atoms with Crippen molar-refractivity contribution in [2.75, 3.05) is 20.3 Å². The van der Waals surface area contributed by atoms with Crippen molar-refractivity contribution in [3.8, 4) is 11.5 Å². The highest BCUT2D eigenvalue weighted by molar-refractivity contribution is 14.1. The zero-order chi connectivity index (χ0) is 28.7. The molecule has 10 heteroatoms. The minimum Gasteiger partial charge on any atom is -0.493 e. The van der Waals surface area contributed by atoms with E-state index in [0.29, 0.717) is 32.5 Å². The summed E-state index contributed by atoms with van der Waals surface area (Å²) in [6.45, 7) is 5.64. The molecule has 0 bridgehead atoms. The van der Waals surface area contributed by atoms with Crippen LogP contribution in [0.25, 0.3) is 0 Å². The summed E-state index contributed by atoms with van der Waals surface area (Å²) in [7, 11) is 1.45. The van der Waals surface area contributed by atoms with Crippen LogP contribution in [-0.4, -0.2) is 71.7 Å². The Morgan fingerprint density at radius 3 is 2.51 bits per heavy atom. The number of hydrogen-bond donors (Lipinski definition) is 3. The van der Waals surface area contributed by atoms with E-state index in [1.807, 2.05) is 53.8 Å². The molecule has 0 saturated heterocycles. The summed E-state index contributed by atoms with van der Waals surface area (Å²) in [4.78, 5) is 39.4. The standard InChI is InChI=1S/C29H35IN2O7/c1-17(2)29(37)32(15-19-7-5-18(3)6-8-19)23-13-21(28(36)31-9-10-33)14-24(26(23)35)39-27-22(30)11-20(16-34)12-25(27)38-4/h5-8,11-12,14,16-17,23-24,26,33,35H,9-10,13,15H2,1-4H3,(H,31,36)/t23-,24+,26+/m1/s1. The minimum absolute atomic E-state index is 0.0613. The molecule has 2 aromatic carbocycles. The van der Waals surface area contributed by atoms with Gasteiger partial charge in [-0.15, -0.1) is 0 Å². The first kappa shape index (κ1) is 30.6. The SMILES string of the molecule is COc1cc(C=O)cc(I)c1O[C@H]1C=C(C(=O)NCCO)C[C@@H](N(Cc2ccc(C)cc2)C(=O)C(C)C)[C@@H]1O. The lowest BCUT2D eigenvalue weighted by molar-refractivity contribution is -0.142. The molecule has 2 amide bonds. The Labute approximate surface area is 242 Å². The van der Waals surface area contributed by atoms with Crippen LogP contribution in [0.3, 0.4) is 0 Å². The number of benzene rings is 2. The summed E-state index contributed by atoms with van der Waals surface area (Å²) in [5, 5.41) is 23.5. The van der Waals surface area contributed by atoms with Gasteiger partial charge in [0, 0.05) is 36.6 Å². The smallest absolute Gasteiger partial charge is 0.247 e. The molecular weight excluding hydrogens is 615 g/mol. The molecule has 39 heavy (non-hydrogen) atoms. The van der Waals surface area contributed by atoms with Gasteiger partial charge in [0.2, 0.25) is 11.8 Å². The Kier molecular flexibility index (Phi) is 10.9. The molecule has 0 spiro atoms. The fraction of sp³-hybridized carbons (Fsp3) is 0.414. The molecule has 210 valence electrons. The lowest BCUT2D eigenvalue weighted by atomic mass is 9.87. The van der Waals surface area contributed by atoms with E-state index in [9.17, 15) is 24.6 Å². The summed E-state index contributed by atoms with van der Waals surface area (Å²) in [6.07, 6.45) is 0.147. The number of rotatable bonds is 11. The Balaban J connectivity index is 2.04. The van der Waals surface area contributed by atoms with Crippen molar-refractivity contribution < 1.29 is 34.1 Å². The van der Waals surface area contributed by atoms with Gasteiger partial charge in [0.1, 0.15) is 18.5 Å². The zero-order valence-electron chi connectivity index (χ0n) is 22.5. The first-order chi connectivity index (χ1) is 18.6. The van der Waals surface area contributed by atoms with Crippen LogP contribution in [0.5, 0.6) is 11.5 Å². The first-order valence-corrected chi connectivity index (χ1v) is 13.8. The highest BCUT2D eigenvalue weighted by Gasteiger charge is 2.41. The average molecular weight is 651 g/mol. The molecule has 0 saturated carbocycles. The van der Waals surface area contributed by atoms with E-state index in [1.54, 1.807) is 30.9 Å². The van der Waals surface area contributed by atoms with Crippen LogP contribution in [0.2, 0.25) is 0 Å². The first-order valence-electron chi connectivity index (χ1n) is 12.7. The number of hydrogen-bond acceptors (Lipinski definition) is 7. The summed E-state index contributed by atoms with van der Waals surface area (Å²) in [5.74, 6) is -0.331. The molecule has 3 atom stereocenters. The second kappa shape index (κ2) is 13.9.